The molecule has 0 spiro atoms. The number of rotatable bonds is 11. The Morgan fingerprint density at radius 2 is 1.80 bits per heavy atom. The normalized spacial score (nSPS) is 19.3. The first-order chi connectivity index (χ1) is 24.2. The van der Waals surface area contributed by atoms with Gasteiger partial charge in [-0.15, -0.1) is 0 Å². The van der Waals surface area contributed by atoms with Crippen LogP contribution in [0.15, 0.2) is 102 Å². The molecular formula is C39H46N7O4+. The number of anilines is 2. The smallest absolute Gasteiger partial charge is 0.426 e. The van der Waals surface area contributed by atoms with Gasteiger partial charge in [-0.05, 0) is 66.4 Å². The third-order valence-electron chi connectivity index (χ3n) is 9.40. The van der Waals surface area contributed by atoms with Crippen LogP contribution >= 0.6 is 0 Å². The van der Waals surface area contributed by atoms with Gasteiger partial charge in [0.15, 0.2) is 6.29 Å². The van der Waals surface area contributed by atoms with Crippen LogP contribution in [0.2, 0.25) is 0 Å². The summed E-state index contributed by atoms with van der Waals surface area (Å²) < 4.78 is 11.6. The number of quaternary nitrogens is 1. The fraction of sp³-hybridized carbons (Fsp3) is 0.333. The molecular weight excluding hydrogens is 630 g/mol. The van der Waals surface area contributed by atoms with Gasteiger partial charge >= 0.3 is 6.16 Å². The standard InChI is InChI=1S/C39H45N7O4/c1-28-11-16-34(24-36(28)44-38-41-19-17-35(43-38)33-10-7-18-40-25-33)42-37(47)32-14-12-30(13-15-32)26-45-20-22-46(3,23-21-45)27-49-39(48)50-29(2)31-8-5-4-6-9-31/h4-16,18-19,24-25,29,35,38,43-44H,17,20-23,26-27H2,1-3H3/p+1. The van der Waals surface area contributed by atoms with Crippen LogP contribution in [0, 0.1) is 6.92 Å². The van der Waals surface area contributed by atoms with Crippen molar-refractivity contribution < 1.29 is 23.5 Å². The number of nitrogens with zero attached hydrogens (tertiary/aromatic N) is 4. The number of hydrogen-bond acceptors (Lipinski definition) is 9. The Morgan fingerprint density at radius 3 is 2.54 bits per heavy atom. The summed E-state index contributed by atoms with van der Waals surface area (Å²) in [5, 5.41) is 10.0. The van der Waals surface area contributed by atoms with Gasteiger partial charge < -0.3 is 20.1 Å². The fourth-order valence-corrected chi connectivity index (χ4v) is 6.15. The number of ether oxygens (including phenoxy) is 2. The lowest BCUT2D eigenvalue weighted by Crippen LogP contribution is -2.58. The zero-order valence-corrected chi connectivity index (χ0v) is 28.9. The fourth-order valence-electron chi connectivity index (χ4n) is 6.15. The molecule has 0 saturated carbocycles. The minimum Gasteiger partial charge on any atom is -0.426 e. The van der Waals surface area contributed by atoms with E-state index in [1.807, 2.05) is 105 Å². The zero-order chi connectivity index (χ0) is 34.9. The van der Waals surface area contributed by atoms with Gasteiger partial charge in [0.1, 0.15) is 6.10 Å². The van der Waals surface area contributed by atoms with Crippen LogP contribution in [0.4, 0.5) is 16.2 Å². The Morgan fingerprint density at radius 1 is 1.02 bits per heavy atom. The lowest BCUT2D eigenvalue weighted by atomic mass is 10.1. The van der Waals surface area contributed by atoms with E-state index in [-0.39, 0.29) is 31.1 Å². The van der Waals surface area contributed by atoms with Crippen LogP contribution in [0.1, 0.15) is 58.1 Å². The number of carbonyl (C=O) groups excluding carboxylic acids is 2. The van der Waals surface area contributed by atoms with E-state index in [1.54, 1.807) is 6.20 Å². The summed E-state index contributed by atoms with van der Waals surface area (Å²) in [6, 6.07) is 27.3. The molecule has 3 N–H and O–H groups in total. The summed E-state index contributed by atoms with van der Waals surface area (Å²) in [4.78, 5) is 36.7. The average molecular weight is 677 g/mol. The van der Waals surface area contributed by atoms with Crippen molar-refractivity contribution in [1.29, 1.82) is 0 Å². The first-order valence-electron chi connectivity index (χ1n) is 17.1. The number of nitrogens with one attached hydrogen (secondary N) is 3. The van der Waals surface area contributed by atoms with Crippen LogP contribution in [-0.4, -0.2) is 78.9 Å². The van der Waals surface area contributed by atoms with Crippen LogP contribution in [0.5, 0.6) is 0 Å². The molecule has 0 radical (unpaired) electrons. The number of piperazine rings is 1. The van der Waals surface area contributed by atoms with E-state index in [2.05, 4.69) is 43.9 Å². The van der Waals surface area contributed by atoms with Gasteiger partial charge in [0.25, 0.3) is 5.91 Å². The molecule has 6 rings (SSSR count). The summed E-state index contributed by atoms with van der Waals surface area (Å²) in [5.41, 5.74) is 6.42. The van der Waals surface area contributed by atoms with Gasteiger partial charge in [0.2, 0.25) is 6.73 Å². The summed E-state index contributed by atoms with van der Waals surface area (Å²) in [6.45, 7) is 8.36. The van der Waals surface area contributed by atoms with Crippen LogP contribution in [-0.2, 0) is 16.0 Å². The van der Waals surface area contributed by atoms with Crippen molar-refractivity contribution in [2.24, 2.45) is 4.99 Å². The van der Waals surface area contributed by atoms with Crippen molar-refractivity contribution >= 4 is 29.7 Å². The summed E-state index contributed by atoms with van der Waals surface area (Å²) >= 11 is 0. The van der Waals surface area contributed by atoms with Gasteiger partial charge in [0, 0.05) is 67.6 Å². The van der Waals surface area contributed by atoms with Crippen LogP contribution < -0.4 is 16.0 Å². The molecule has 1 saturated heterocycles. The van der Waals surface area contributed by atoms with Gasteiger partial charge in [-0.1, -0.05) is 54.6 Å². The van der Waals surface area contributed by atoms with E-state index in [4.69, 9.17) is 9.47 Å². The van der Waals surface area contributed by atoms with Crippen LogP contribution in [0.25, 0.3) is 0 Å². The maximum atomic E-state index is 13.2. The van der Waals surface area contributed by atoms with Crippen molar-refractivity contribution in [3.8, 4) is 0 Å². The number of hydrogen-bond donors (Lipinski definition) is 3. The number of likely N-dealkylation sites (N-methyl/N-ethyl adjacent to an activating group) is 1. The second-order valence-electron chi connectivity index (χ2n) is 13.3. The molecule has 3 atom stereocenters. The van der Waals surface area contributed by atoms with Gasteiger partial charge in [0.05, 0.1) is 20.1 Å². The molecule has 11 heteroatoms. The average Bonchev–Trinajstić information content (AvgIpc) is 3.14. The maximum absolute atomic E-state index is 13.2. The second kappa shape index (κ2) is 16.1. The molecule has 11 nitrogen and oxygen atoms in total. The maximum Gasteiger partial charge on any atom is 0.513 e. The van der Waals surface area contributed by atoms with Crippen molar-refractivity contribution in [1.82, 2.24) is 15.2 Å². The number of aliphatic imine (C=N–C) groups is 1. The van der Waals surface area contributed by atoms with Crippen molar-refractivity contribution in [3.05, 3.63) is 125 Å². The molecule has 0 bridgehead atoms. The third-order valence-corrected chi connectivity index (χ3v) is 9.40. The molecule has 1 aromatic heterocycles. The van der Waals surface area contributed by atoms with Crippen molar-refractivity contribution in [2.45, 2.75) is 45.2 Å². The molecule has 1 fully saturated rings. The minimum absolute atomic E-state index is 0.117. The summed E-state index contributed by atoms with van der Waals surface area (Å²) in [5.74, 6) is -0.167. The Labute approximate surface area is 293 Å². The second-order valence-corrected chi connectivity index (χ2v) is 13.3. The number of amides is 1. The monoisotopic (exact) mass is 676 g/mol. The lowest BCUT2D eigenvalue weighted by Gasteiger charge is -2.41. The van der Waals surface area contributed by atoms with Gasteiger partial charge in [-0.2, -0.15) is 0 Å². The van der Waals surface area contributed by atoms with Gasteiger partial charge in [-0.25, -0.2) is 4.79 Å². The van der Waals surface area contributed by atoms with E-state index < -0.39 is 6.16 Å². The molecule has 3 heterocycles. The number of aromatic nitrogens is 1. The molecule has 2 aliphatic heterocycles. The predicted molar refractivity (Wildman–Crippen MR) is 195 cm³/mol. The molecule has 3 aromatic carbocycles. The van der Waals surface area contributed by atoms with E-state index in [9.17, 15) is 9.59 Å². The Hall–Kier alpha value is -5.10. The molecule has 260 valence electrons. The zero-order valence-electron chi connectivity index (χ0n) is 28.9. The summed E-state index contributed by atoms with van der Waals surface area (Å²) in [7, 11) is 2.10. The highest BCUT2D eigenvalue weighted by atomic mass is 16.7. The third kappa shape index (κ3) is 9.32. The number of pyridine rings is 1. The minimum atomic E-state index is -0.645. The van der Waals surface area contributed by atoms with E-state index >= 15 is 0 Å². The summed E-state index contributed by atoms with van der Waals surface area (Å²) in [6.07, 6.45) is 5.06. The molecule has 50 heavy (non-hydrogen) atoms. The first kappa shape index (κ1) is 34.8. The first-order valence-corrected chi connectivity index (χ1v) is 17.1. The molecule has 2 aliphatic rings. The Kier molecular flexibility index (Phi) is 11.2. The lowest BCUT2D eigenvalue weighted by molar-refractivity contribution is -0.929. The highest BCUT2D eigenvalue weighted by Gasteiger charge is 2.30. The van der Waals surface area contributed by atoms with Crippen LogP contribution in [0.3, 0.4) is 0 Å². The van der Waals surface area contributed by atoms with Crippen molar-refractivity contribution in [2.75, 3.05) is 50.6 Å². The molecule has 0 aliphatic carbocycles. The van der Waals surface area contributed by atoms with E-state index in [0.29, 0.717) is 15.7 Å². The molecule has 4 aromatic rings. The number of benzene rings is 3. The SMILES string of the molecule is Cc1ccc(NC(=O)c2ccc(CN3CC[N+](C)(COC(=O)OC(C)c4ccccc4)CC3)cc2)cc1NC1N=CCC(c2cccnc2)N1. The highest BCUT2D eigenvalue weighted by Crippen LogP contribution is 2.25. The number of carbonyl (C=O) groups is 2. The molecule has 3 unspecified atom stereocenters. The molecule has 1 amide bonds. The quantitative estimate of drug-likeness (QED) is 0.126. The van der Waals surface area contributed by atoms with E-state index in [0.717, 1.165) is 67.1 Å². The highest BCUT2D eigenvalue weighted by molar-refractivity contribution is 6.04. The Balaban J connectivity index is 0.952. The van der Waals surface area contributed by atoms with E-state index in [1.165, 1.54) is 0 Å². The Bertz CT molecular complexity index is 1760. The van der Waals surface area contributed by atoms with Crippen molar-refractivity contribution in [3.63, 3.8) is 0 Å². The number of aryl methyl sites for hydroxylation is 1. The predicted octanol–water partition coefficient (Wildman–Crippen LogP) is 6.28. The van der Waals surface area contributed by atoms with Gasteiger partial charge in [-0.3, -0.25) is 29.5 Å². The largest absolute Gasteiger partial charge is 0.513 e. The topological polar surface area (TPSA) is 117 Å².